The minimum Gasteiger partial charge on any atom is -0.493 e. The molecule has 3 nitrogen and oxygen atoms in total. The van der Waals surface area contributed by atoms with Crippen molar-refractivity contribution in [2.75, 3.05) is 7.11 Å². The molecule has 0 fully saturated rings. The molecule has 0 atom stereocenters. The monoisotopic (exact) mass is 275 g/mol. The fourth-order valence-corrected chi connectivity index (χ4v) is 1.99. The topological polar surface area (TPSA) is 44.5 Å². The van der Waals surface area contributed by atoms with Crippen LogP contribution in [0.2, 0.25) is 0 Å². The SMILES string of the molecule is COc1cccc(CN)c1OCc1cc(F)ccc1C. The van der Waals surface area contributed by atoms with E-state index in [4.69, 9.17) is 15.2 Å². The molecule has 4 heteroatoms. The smallest absolute Gasteiger partial charge is 0.166 e. The van der Waals surface area contributed by atoms with Gasteiger partial charge in [0.1, 0.15) is 12.4 Å². The quantitative estimate of drug-likeness (QED) is 0.911. The Bertz CT molecular complexity index is 577. The first-order valence-electron chi connectivity index (χ1n) is 6.39. The third kappa shape index (κ3) is 3.08. The molecule has 0 bridgehead atoms. The van der Waals surface area contributed by atoms with E-state index < -0.39 is 0 Å². The molecule has 0 aliphatic carbocycles. The van der Waals surface area contributed by atoms with Gasteiger partial charge in [0, 0.05) is 12.1 Å². The highest BCUT2D eigenvalue weighted by molar-refractivity contribution is 5.46. The molecule has 0 aliphatic rings. The van der Waals surface area contributed by atoms with Gasteiger partial charge >= 0.3 is 0 Å². The fourth-order valence-electron chi connectivity index (χ4n) is 1.99. The molecule has 0 saturated heterocycles. The first kappa shape index (κ1) is 14.3. The van der Waals surface area contributed by atoms with Crippen LogP contribution in [0.1, 0.15) is 16.7 Å². The van der Waals surface area contributed by atoms with Crippen LogP contribution in [-0.4, -0.2) is 7.11 Å². The molecule has 2 aromatic carbocycles. The summed E-state index contributed by atoms with van der Waals surface area (Å²) < 4.78 is 24.3. The van der Waals surface area contributed by atoms with Gasteiger partial charge in [0.15, 0.2) is 11.5 Å². The third-order valence-corrected chi connectivity index (χ3v) is 3.18. The van der Waals surface area contributed by atoms with E-state index in [0.29, 0.717) is 18.0 Å². The maximum atomic E-state index is 13.3. The summed E-state index contributed by atoms with van der Waals surface area (Å²) in [4.78, 5) is 0. The van der Waals surface area contributed by atoms with Crippen molar-refractivity contribution in [1.82, 2.24) is 0 Å². The van der Waals surface area contributed by atoms with Crippen molar-refractivity contribution in [2.45, 2.75) is 20.1 Å². The van der Waals surface area contributed by atoms with Crippen LogP contribution in [0, 0.1) is 12.7 Å². The molecule has 0 spiro atoms. The van der Waals surface area contributed by atoms with E-state index >= 15 is 0 Å². The number of methoxy groups -OCH3 is 1. The number of hydrogen-bond donors (Lipinski definition) is 1. The molecule has 0 radical (unpaired) electrons. The van der Waals surface area contributed by atoms with Crippen LogP contribution >= 0.6 is 0 Å². The van der Waals surface area contributed by atoms with Crippen molar-refractivity contribution in [3.63, 3.8) is 0 Å². The summed E-state index contributed by atoms with van der Waals surface area (Å²) in [7, 11) is 1.58. The predicted octanol–water partition coefficient (Wildman–Crippen LogP) is 3.18. The number of ether oxygens (including phenoxy) is 2. The summed E-state index contributed by atoms with van der Waals surface area (Å²) in [5.41, 5.74) is 8.35. The highest BCUT2D eigenvalue weighted by Gasteiger charge is 2.10. The molecule has 0 amide bonds. The Balaban J connectivity index is 2.24. The second-order valence-corrected chi connectivity index (χ2v) is 4.51. The molecule has 0 saturated carbocycles. The first-order chi connectivity index (χ1) is 9.65. The Hall–Kier alpha value is -2.07. The van der Waals surface area contributed by atoms with Gasteiger partial charge in [-0.25, -0.2) is 4.39 Å². The van der Waals surface area contributed by atoms with E-state index in [9.17, 15) is 4.39 Å². The zero-order valence-electron chi connectivity index (χ0n) is 11.7. The molecule has 2 N–H and O–H groups in total. The summed E-state index contributed by atoms with van der Waals surface area (Å²) in [5.74, 6) is 0.969. The van der Waals surface area contributed by atoms with E-state index in [2.05, 4.69) is 0 Å². The molecule has 106 valence electrons. The van der Waals surface area contributed by atoms with Crippen LogP contribution in [0.4, 0.5) is 4.39 Å². The average molecular weight is 275 g/mol. The molecule has 2 rings (SSSR count). The Morgan fingerprint density at radius 1 is 1.15 bits per heavy atom. The third-order valence-electron chi connectivity index (χ3n) is 3.18. The number of halogens is 1. The Morgan fingerprint density at radius 3 is 2.65 bits per heavy atom. The van der Waals surface area contributed by atoms with Crippen LogP contribution in [0.15, 0.2) is 36.4 Å². The number of benzene rings is 2. The van der Waals surface area contributed by atoms with Crippen molar-refractivity contribution in [3.8, 4) is 11.5 Å². The lowest BCUT2D eigenvalue weighted by Crippen LogP contribution is -2.05. The van der Waals surface area contributed by atoms with Crippen molar-refractivity contribution >= 4 is 0 Å². The van der Waals surface area contributed by atoms with Gasteiger partial charge in [-0.2, -0.15) is 0 Å². The lowest BCUT2D eigenvalue weighted by molar-refractivity contribution is 0.280. The lowest BCUT2D eigenvalue weighted by atomic mass is 10.1. The second-order valence-electron chi connectivity index (χ2n) is 4.51. The van der Waals surface area contributed by atoms with Crippen molar-refractivity contribution < 1.29 is 13.9 Å². The number of nitrogens with two attached hydrogens (primary N) is 1. The van der Waals surface area contributed by atoms with E-state index in [1.165, 1.54) is 12.1 Å². The highest BCUT2D eigenvalue weighted by Crippen LogP contribution is 2.31. The highest BCUT2D eigenvalue weighted by atomic mass is 19.1. The van der Waals surface area contributed by atoms with Gasteiger partial charge in [-0.3, -0.25) is 0 Å². The van der Waals surface area contributed by atoms with Gasteiger partial charge in [-0.05, 0) is 36.2 Å². The molecular weight excluding hydrogens is 257 g/mol. The van der Waals surface area contributed by atoms with Gasteiger partial charge in [0.25, 0.3) is 0 Å². The van der Waals surface area contributed by atoms with Crippen LogP contribution in [0.3, 0.4) is 0 Å². The number of hydrogen-bond acceptors (Lipinski definition) is 3. The zero-order chi connectivity index (χ0) is 14.5. The van der Waals surface area contributed by atoms with E-state index in [-0.39, 0.29) is 12.4 Å². The second kappa shape index (κ2) is 6.39. The average Bonchev–Trinajstić information content (AvgIpc) is 2.47. The maximum absolute atomic E-state index is 13.3. The largest absolute Gasteiger partial charge is 0.493 e. The van der Waals surface area contributed by atoms with Crippen molar-refractivity contribution in [3.05, 3.63) is 58.9 Å². The molecule has 0 aliphatic heterocycles. The number of rotatable bonds is 5. The normalized spacial score (nSPS) is 10.4. The summed E-state index contributed by atoms with van der Waals surface area (Å²) in [6.07, 6.45) is 0. The van der Waals surface area contributed by atoms with Gasteiger partial charge in [0.05, 0.1) is 7.11 Å². The molecule has 2 aromatic rings. The van der Waals surface area contributed by atoms with Crippen LogP contribution in [0.5, 0.6) is 11.5 Å². The predicted molar refractivity (Wildman–Crippen MR) is 76.4 cm³/mol. The minimum atomic E-state index is -0.270. The Morgan fingerprint density at radius 2 is 1.95 bits per heavy atom. The van der Waals surface area contributed by atoms with Crippen molar-refractivity contribution in [1.29, 1.82) is 0 Å². The molecule has 20 heavy (non-hydrogen) atoms. The minimum absolute atomic E-state index is 0.270. The Kier molecular flexibility index (Phi) is 4.58. The first-order valence-corrected chi connectivity index (χ1v) is 6.39. The van der Waals surface area contributed by atoms with Crippen LogP contribution < -0.4 is 15.2 Å². The van der Waals surface area contributed by atoms with E-state index in [0.717, 1.165) is 16.7 Å². The molecule has 0 aromatic heterocycles. The fraction of sp³-hybridized carbons (Fsp3) is 0.250. The van der Waals surface area contributed by atoms with Gasteiger partial charge in [-0.15, -0.1) is 0 Å². The zero-order valence-corrected chi connectivity index (χ0v) is 11.7. The summed E-state index contributed by atoms with van der Waals surface area (Å²) in [6, 6.07) is 10.2. The molecule has 0 heterocycles. The van der Waals surface area contributed by atoms with Crippen LogP contribution in [0.25, 0.3) is 0 Å². The Labute approximate surface area is 118 Å². The lowest BCUT2D eigenvalue weighted by Gasteiger charge is -2.15. The summed E-state index contributed by atoms with van der Waals surface area (Å²) in [5, 5.41) is 0. The van der Waals surface area contributed by atoms with E-state index in [1.807, 2.05) is 25.1 Å². The summed E-state index contributed by atoms with van der Waals surface area (Å²) in [6.45, 7) is 2.55. The molecule has 0 unspecified atom stereocenters. The standard InChI is InChI=1S/C16H18FNO2/c1-11-6-7-14(17)8-13(11)10-20-16-12(9-18)4-3-5-15(16)19-2/h3-8H,9-10,18H2,1-2H3. The number of aryl methyl sites for hydroxylation is 1. The molecular formula is C16H18FNO2. The maximum Gasteiger partial charge on any atom is 0.166 e. The van der Waals surface area contributed by atoms with Crippen LogP contribution in [-0.2, 0) is 13.2 Å². The summed E-state index contributed by atoms with van der Waals surface area (Å²) >= 11 is 0. The van der Waals surface area contributed by atoms with Gasteiger partial charge < -0.3 is 15.2 Å². The van der Waals surface area contributed by atoms with Gasteiger partial charge in [-0.1, -0.05) is 18.2 Å². The van der Waals surface area contributed by atoms with Gasteiger partial charge in [0.2, 0.25) is 0 Å². The van der Waals surface area contributed by atoms with E-state index in [1.54, 1.807) is 13.2 Å². The number of para-hydroxylation sites is 1. The van der Waals surface area contributed by atoms with Crippen molar-refractivity contribution in [2.24, 2.45) is 5.73 Å².